The number of amides is 2. The summed E-state index contributed by atoms with van der Waals surface area (Å²) >= 11 is 0. The zero-order chi connectivity index (χ0) is 22.7. The van der Waals surface area contributed by atoms with Gasteiger partial charge in [0.05, 0.1) is 4.90 Å². The van der Waals surface area contributed by atoms with Crippen LogP contribution in [0.4, 0.5) is 5.69 Å². The Morgan fingerprint density at radius 1 is 1.00 bits per heavy atom. The topological polar surface area (TPSA) is 118 Å². The average molecular weight is 432 g/mol. The van der Waals surface area contributed by atoms with Crippen molar-refractivity contribution in [2.24, 2.45) is 11.1 Å². The first-order valence-corrected chi connectivity index (χ1v) is 11.2. The third kappa shape index (κ3) is 6.14. The van der Waals surface area contributed by atoms with E-state index in [4.69, 9.17) is 5.14 Å². The van der Waals surface area contributed by atoms with Crippen molar-refractivity contribution in [1.29, 1.82) is 0 Å². The summed E-state index contributed by atoms with van der Waals surface area (Å²) in [6, 6.07) is 12.1. The lowest BCUT2D eigenvalue weighted by molar-refractivity contribution is -0.118. The van der Waals surface area contributed by atoms with Crippen LogP contribution in [0.1, 0.15) is 50.5 Å². The minimum absolute atomic E-state index is 0.0269. The molecule has 0 heterocycles. The fraction of sp³-hybridized carbons (Fsp3) is 0.364. The summed E-state index contributed by atoms with van der Waals surface area (Å²) in [5.74, 6) is -0.997. The number of nitrogens with two attached hydrogens (primary N) is 1. The molecule has 8 heteroatoms. The summed E-state index contributed by atoms with van der Waals surface area (Å²) in [7, 11) is -3.89. The van der Waals surface area contributed by atoms with E-state index in [-0.39, 0.29) is 27.8 Å². The Balaban J connectivity index is 2.15. The van der Waals surface area contributed by atoms with E-state index < -0.39 is 22.0 Å². The Hall–Kier alpha value is -2.71. The first-order valence-electron chi connectivity index (χ1n) is 9.64. The lowest BCUT2D eigenvalue weighted by Crippen LogP contribution is -2.47. The van der Waals surface area contributed by atoms with Gasteiger partial charge in [0.25, 0.3) is 5.91 Å². The van der Waals surface area contributed by atoms with Gasteiger partial charge >= 0.3 is 0 Å². The maximum Gasteiger partial charge on any atom is 0.251 e. The van der Waals surface area contributed by atoms with Crippen molar-refractivity contribution in [1.82, 2.24) is 5.32 Å². The predicted octanol–water partition coefficient (Wildman–Crippen LogP) is 3.02. The average Bonchev–Trinajstić information content (AvgIpc) is 2.64. The molecule has 0 unspecified atom stereocenters. The molecule has 2 aromatic rings. The molecule has 0 aromatic heterocycles. The minimum Gasteiger partial charge on any atom is -0.340 e. The van der Waals surface area contributed by atoms with E-state index in [1.54, 1.807) is 18.2 Å². The number of anilines is 1. The van der Waals surface area contributed by atoms with Gasteiger partial charge in [-0.25, -0.2) is 13.6 Å². The van der Waals surface area contributed by atoms with Crippen molar-refractivity contribution in [3.8, 4) is 0 Å². The normalized spacial score (nSPS) is 13.0. The van der Waals surface area contributed by atoms with Crippen LogP contribution in [0.25, 0.3) is 0 Å². The molecule has 2 amide bonds. The molecule has 0 aliphatic carbocycles. The second-order valence-corrected chi connectivity index (χ2v) is 10.1. The van der Waals surface area contributed by atoms with Gasteiger partial charge in [-0.1, -0.05) is 52.8 Å². The van der Waals surface area contributed by atoms with Crippen molar-refractivity contribution >= 4 is 27.5 Å². The number of carbonyl (C=O) groups is 2. The summed E-state index contributed by atoms with van der Waals surface area (Å²) in [6.07, 6.45) is 0. The van der Waals surface area contributed by atoms with E-state index in [9.17, 15) is 18.0 Å². The van der Waals surface area contributed by atoms with E-state index in [1.807, 2.05) is 26.0 Å². The van der Waals surface area contributed by atoms with Crippen molar-refractivity contribution in [2.75, 3.05) is 5.32 Å². The number of hydrogen-bond donors (Lipinski definition) is 3. The van der Waals surface area contributed by atoms with Gasteiger partial charge in [0, 0.05) is 11.3 Å². The fourth-order valence-electron chi connectivity index (χ4n) is 2.85. The van der Waals surface area contributed by atoms with Crippen LogP contribution in [-0.2, 0) is 20.2 Å². The molecule has 2 rings (SSSR count). The first-order chi connectivity index (χ1) is 13.8. The molecule has 0 aliphatic heterocycles. The molecule has 7 nitrogen and oxygen atoms in total. The van der Waals surface area contributed by atoms with E-state index >= 15 is 0 Å². The van der Waals surface area contributed by atoms with E-state index in [0.717, 1.165) is 5.56 Å². The minimum atomic E-state index is -3.89. The maximum absolute atomic E-state index is 12.8. The van der Waals surface area contributed by atoms with E-state index in [1.165, 1.54) is 18.2 Å². The summed E-state index contributed by atoms with van der Waals surface area (Å²) in [5.41, 5.74) is 1.81. The monoisotopic (exact) mass is 431 g/mol. The molecular formula is C22H29N3O4S. The second kappa shape index (κ2) is 8.97. The predicted molar refractivity (Wildman–Crippen MR) is 118 cm³/mol. The largest absolute Gasteiger partial charge is 0.340 e. The Labute approximate surface area is 178 Å². The van der Waals surface area contributed by atoms with Gasteiger partial charge in [-0.05, 0) is 47.2 Å². The molecular weight excluding hydrogens is 402 g/mol. The third-order valence-electron chi connectivity index (χ3n) is 4.68. The quantitative estimate of drug-likeness (QED) is 0.651. The molecule has 0 saturated carbocycles. The molecule has 0 spiro atoms. The lowest BCUT2D eigenvalue weighted by Gasteiger charge is -2.22. The highest BCUT2D eigenvalue weighted by molar-refractivity contribution is 7.89. The number of carbonyl (C=O) groups excluding carboxylic acids is 2. The number of benzene rings is 2. The van der Waals surface area contributed by atoms with Crippen LogP contribution in [-0.4, -0.2) is 26.3 Å². The molecule has 0 fully saturated rings. The molecule has 162 valence electrons. The smallest absolute Gasteiger partial charge is 0.251 e. The molecule has 2 aromatic carbocycles. The van der Waals surface area contributed by atoms with Crippen LogP contribution in [0.5, 0.6) is 0 Å². The summed E-state index contributed by atoms with van der Waals surface area (Å²) < 4.78 is 23.0. The van der Waals surface area contributed by atoms with Crippen LogP contribution in [0.2, 0.25) is 0 Å². The number of nitrogens with one attached hydrogen (secondary N) is 2. The Bertz CT molecular complexity index is 1020. The van der Waals surface area contributed by atoms with E-state index in [0.29, 0.717) is 5.56 Å². The van der Waals surface area contributed by atoms with E-state index in [2.05, 4.69) is 31.4 Å². The van der Waals surface area contributed by atoms with Gasteiger partial charge in [-0.3, -0.25) is 9.59 Å². The Kier molecular flexibility index (Phi) is 7.05. The first kappa shape index (κ1) is 23.6. The number of rotatable bonds is 6. The molecule has 0 bridgehead atoms. The summed E-state index contributed by atoms with van der Waals surface area (Å²) in [5, 5.41) is 10.5. The second-order valence-electron chi connectivity index (χ2n) is 8.58. The van der Waals surface area contributed by atoms with Gasteiger partial charge < -0.3 is 10.6 Å². The zero-order valence-electron chi connectivity index (χ0n) is 17.9. The lowest BCUT2D eigenvalue weighted by atomic mass is 9.86. The standard InChI is InChI=1S/C22H29N3O4S/c1-14(2)19(21(27)24-17-7-6-8-18(13-17)30(23,28)29)25-20(26)15-9-11-16(12-10-15)22(3,4)5/h6-14,19H,1-5H3,(H,24,27)(H,25,26)(H2,23,28,29)/t19-/m1/s1. The van der Waals surface area contributed by atoms with Gasteiger partial charge in [0.1, 0.15) is 6.04 Å². The van der Waals surface area contributed by atoms with Crippen LogP contribution in [0, 0.1) is 5.92 Å². The molecule has 0 aliphatic rings. The third-order valence-corrected chi connectivity index (χ3v) is 5.59. The van der Waals surface area contributed by atoms with Crippen molar-refractivity contribution in [3.05, 3.63) is 59.7 Å². The summed E-state index contributed by atoms with van der Waals surface area (Å²) in [4.78, 5) is 25.3. The van der Waals surface area contributed by atoms with Gasteiger partial charge in [-0.15, -0.1) is 0 Å². The van der Waals surface area contributed by atoms with Crippen LogP contribution in [0.3, 0.4) is 0 Å². The SMILES string of the molecule is CC(C)[C@@H](NC(=O)c1ccc(C(C)(C)C)cc1)C(=O)Nc1cccc(S(N)(=O)=O)c1. The van der Waals surface area contributed by atoms with Crippen LogP contribution >= 0.6 is 0 Å². The molecule has 0 radical (unpaired) electrons. The van der Waals surface area contributed by atoms with Crippen molar-refractivity contribution < 1.29 is 18.0 Å². The van der Waals surface area contributed by atoms with Crippen LogP contribution in [0.15, 0.2) is 53.4 Å². The highest BCUT2D eigenvalue weighted by Crippen LogP contribution is 2.22. The van der Waals surface area contributed by atoms with Gasteiger partial charge in [0.2, 0.25) is 15.9 Å². The Morgan fingerprint density at radius 3 is 2.10 bits per heavy atom. The van der Waals surface area contributed by atoms with Crippen LogP contribution < -0.4 is 15.8 Å². The molecule has 30 heavy (non-hydrogen) atoms. The fourth-order valence-corrected chi connectivity index (χ4v) is 3.41. The highest BCUT2D eigenvalue weighted by atomic mass is 32.2. The number of primary sulfonamides is 1. The molecule has 4 N–H and O–H groups in total. The Morgan fingerprint density at radius 2 is 1.60 bits per heavy atom. The maximum atomic E-state index is 12.8. The van der Waals surface area contributed by atoms with Gasteiger partial charge in [-0.2, -0.15) is 0 Å². The molecule has 0 saturated heterocycles. The zero-order valence-corrected chi connectivity index (χ0v) is 18.7. The highest BCUT2D eigenvalue weighted by Gasteiger charge is 2.25. The number of sulfonamides is 1. The number of hydrogen-bond acceptors (Lipinski definition) is 4. The summed E-state index contributed by atoms with van der Waals surface area (Å²) in [6.45, 7) is 9.90. The molecule has 1 atom stereocenters. The van der Waals surface area contributed by atoms with Gasteiger partial charge in [0.15, 0.2) is 0 Å². The van der Waals surface area contributed by atoms with Crippen molar-refractivity contribution in [2.45, 2.75) is 51.0 Å². The van der Waals surface area contributed by atoms with Crippen molar-refractivity contribution in [3.63, 3.8) is 0 Å².